The minimum absolute atomic E-state index is 0.00653. The summed E-state index contributed by atoms with van der Waals surface area (Å²) in [5, 5.41) is 22.9. The van der Waals surface area contributed by atoms with E-state index in [2.05, 4.69) is 0 Å². The molecule has 134 valence electrons. The number of carbonyl (C=O) groups excluding carboxylic acids is 1. The number of fused-ring (bicyclic) bond motifs is 1. The van der Waals surface area contributed by atoms with Crippen LogP contribution in [0.25, 0.3) is 0 Å². The van der Waals surface area contributed by atoms with Crippen molar-refractivity contribution in [1.29, 1.82) is 0 Å². The van der Waals surface area contributed by atoms with Crippen LogP contribution in [-0.2, 0) is 0 Å². The molecule has 1 aliphatic heterocycles. The molecule has 0 aromatic heterocycles. The number of hydrogen-bond donors (Lipinski definition) is 0. The number of ether oxygens (including phenoxy) is 2. The third-order valence-corrected chi connectivity index (χ3v) is 4.52. The van der Waals surface area contributed by atoms with E-state index < -0.39 is 32.4 Å². The van der Waals surface area contributed by atoms with E-state index in [1.54, 1.807) is 6.07 Å². The van der Waals surface area contributed by atoms with Crippen molar-refractivity contribution < 1.29 is 24.1 Å². The van der Waals surface area contributed by atoms with Crippen molar-refractivity contribution in [3.05, 3.63) is 73.8 Å². The zero-order valence-electron chi connectivity index (χ0n) is 13.2. The van der Waals surface area contributed by atoms with Gasteiger partial charge in [0.25, 0.3) is 5.78 Å². The van der Waals surface area contributed by atoms with Gasteiger partial charge in [0.05, 0.1) is 22.5 Å². The van der Waals surface area contributed by atoms with Crippen LogP contribution in [-0.4, -0.2) is 27.7 Å². The van der Waals surface area contributed by atoms with Crippen molar-refractivity contribution in [3.8, 4) is 11.5 Å². The summed E-state index contributed by atoms with van der Waals surface area (Å²) in [6.07, 6.45) is -1.56. The Labute approximate surface area is 151 Å². The van der Waals surface area contributed by atoms with E-state index in [0.717, 1.165) is 6.07 Å². The number of nitro benzene ring substituents is 1. The maximum atomic E-state index is 12.7. The van der Waals surface area contributed by atoms with E-state index in [4.69, 9.17) is 21.1 Å². The van der Waals surface area contributed by atoms with Crippen LogP contribution in [0.2, 0.25) is 0 Å². The number of benzene rings is 2. The summed E-state index contributed by atoms with van der Waals surface area (Å²) in [7, 11) is 1.25. The molecule has 0 aliphatic carbocycles. The number of ketones is 1. The third kappa shape index (κ3) is 2.53. The van der Waals surface area contributed by atoms with Crippen LogP contribution in [0, 0.1) is 20.2 Å². The van der Waals surface area contributed by atoms with Crippen molar-refractivity contribution >= 4 is 23.1 Å². The first-order chi connectivity index (χ1) is 12.3. The molecule has 9 nitrogen and oxygen atoms in total. The van der Waals surface area contributed by atoms with Crippen LogP contribution in [0.5, 0.6) is 11.5 Å². The topological polar surface area (TPSA) is 122 Å². The fourth-order valence-corrected chi connectivity index (χ4v) is 3.02. The predicted molar refractivity (Wildman–Crippen MR) is 89.4 cm³/mol. The lowest BCUT2D eigenvalue weighted by atomic mass is 9.91. The number of para-hydroxylation sites is 1. The molecule has 1 aliphatic rings. The van der Waals surface area contributed by atoms with E-state index in [1.165, 1.54) is 37.4 Å². The largest absolute Gasteiger partial charge is 0.490 e. The van der Waals surface area contributed by atoms with Gasteiger partial charge in [-0.25, -0.2) is 0 Å². The van der Waals surface area contributed by atoms with Gasteiger partial charge in [-0.15, -0.1) is 0 Å². The first-order valence-electron chi connectivity index (χ1n) is 7.27. The van der Waals surface area contributed by atoms with Gasteiger partial charge >= 0.3 is 10.7 Å². The minimum atomic E-state index is -2.66. The molecule has 2 aromatic rings. The molecule has 26 heavy (non-hydrogen) atoms. The van der Waals surface area contributed by atoms with Gasteiger partial charge in [-0.3, -0.25) is 25.0 Å². The lowest BCUT2D eigenvalue weighted by molar-refractivity contribution is -0.536. The van der Waals surface area contributed by atoms with Gasteiger partial charge in [0.2, 0.25) is 6.10 Å². The van der Waals surface area contributed by atoms with Crippen LogP contribution >= 0.6 is 11.6 Å². The smallest absolute Gasteiger partial charge is 0.397 e. The molecule has 0 spiro atoms. The highest BCUT2D eigenvalue weighted by Crippen LogP contribution is 2.46. The zero-order valence-corrected chi connectivity index (χ0v) is 14.0. The molecular formula is C16H11ClN2O7. The van der Waals surface area contributed by atoms with Gasteiger partial charge in [0, 0.05) is 11.6 Å². The summed E-state index contributed by atoms with van der Waals surface area (Å²) in [4.78, 5) is 31.2. The van der Waals surface area contributed by atoms with E-state index >= 15 is 0 Å². The predicted octanol–water partition coefficient (Wildman–Crippen LogP) is 3.13. The van der Waals surface area contributed by atoms with Crippen LogP contribution in [0.3, 0.4) is 0 Å². The summed E-state index contributed by atoms with van der Waals surface area (Å²) in [5.74, 6) is -0.879. The number of halogens is 1. The Morgan fingerprint density at radius 1 is 1.19 bits per heavy atom. The van der Waals surface area contributed by atoms with Crippen molar-refractivity contribution in [3.63, 3.8) is 0 Å². The second kappa shape index (κ2) is 6.26. The number of rotatable bonds is 4. The molecule has 0 saturated carbocycles. The second-order valence-corrected chi connectivity index (χ2v) is 6.02. The first-order valence-corrected chi connectivity index (χ1v) is 7.64. The van der Waals surface area contributed by atoms with Crippen molar-refractivity contribution in [2.24, 2.45) is 0 Å². The molecule has 1 heterocycles. The van der Waals surface area contributed by atoms with Crippen LogP contribution < -0.4 is 9.47 Å². The summed E-state index contributed by atoms with van der Waals surface area (Å²) < 4.78 is 10.5. The second-order valence-electron chi connectivity index (χ2n) is 5.44. The lowest BCUT2D eigenvalue weighted by Gasteiger charge is -2.32. The van der Waals surface area contributed by atoms with Gasteiger partial charge in [-0.05, 0) is 29.8 Å². The summed E-state index contributed by atoms with van der Waals surface area (Å²) in [5.41, 5.74) is -0.451. The molecule has 0 bridgehead atoms. The maximum absolute atomic E-state index is 12.7. The Kier molecular flexibility index (Phi) is 4.25. The van der Waals surface area contributed by atoms with Crippen LogP contribution in [0.15, 0.2) is 42.5 Å². The van der Waals surface area contributed by atoms with Gasteiger partial charge < -0.3 is 9.47 Å². The minimum Gasteiger partial charge on any atom is -0.490 e. The van der Waals surface area contributed by atoms with E-state index in [0.29, 0.717) is 0 Å². The molecule has 0 amide bonds. The van der Waals surface area contributed by atoms with Gasteiger partial charge in [-0.1, -0.05) is 18.2 Å². The lowest BCUT2D eigenvalue weighted by Crippen LogP contribution is -2.51. The molecule has 0 N–H and O–H groups in total. The average Bonchev–Trinajstić information content (AvgIpc) is 2.63. The van der Waals surface area contributed by atoms with Crippen LogP contribution in [0.4, 0.5) is 5.69 Å². The number of carbonyl (C=O) groups is 1. The van der Waals surface area contributed by atoms with Crippen molar-refractivity contribution in [2.45, 2.75) is 11.1 Å². The monoisotopic (exact) mass is 378 g/mol. The number of nitro groups is 2. The number of nitrogens with zero attached hydrogens (tertiary/aromatic N) is 2. The van der Waals surface area contributed by atoms with E-state index in [-0.39, 0.29) is 22.6 Å². The summed E-state index contributed by atoms with van der Waals surface area (Å²) in [6, 6.07) is 9.59. The average molecular weight is 379 g/mol. The molecule has 0 radical (unpaired) electrons. The Morgan fingerprint density at radius 3 is 2.50 bits per heavy atom. The SMILES string of the molecule is COc1ccc([C@H]2Oc3ccccc3C(=O)[C@]2(Cl)[N+](=O)[O-])cc1[N+](=O)[O-]. The fourth-order valence-electron chi connectivity index (χ4n) is 2.75. The fraction of sp³-hybridized carbons (Fsp3) is 0.188. The highest BCUT2D eigenvalue weighted by Gasteiger charge is 2.62. The number of hydrogen-bond acceptors (Lipinski definition) is 7. The highest BCUT2D eigenvalue weighted by atomic mass is 35.5. The normalized spacial score (nSPS) is 21.5. The van der Waals surface area contributed by atoms with Crippen molar-refractivity contribution in [1.82, 2.24) is 0 Å². The molecule has 0 fully saturated rings. The summed E-state index contributed by atoms with van der Waals surface area (Å²) in [6.45, 7) is 0. The van der Waals surface area contributed by atoms with Crippen molar-refractivity contribution in [2.75, 3.05) is 7.11 Å². The molecule has 3 rings (SSSR count). The molecule has 10 heteroatoms. The Bertz CT molecular complexity index is 933. The number of methoxy groups -OCH3 is 1. The molecule has 0 unspecified atom stereocenters. The zero-order chi connectivity index (χ0) is 19.1. The molecular weight excluding hydrogens is 368 g/mol. The van der Waals surface area contributed by atoms with Crippen LogP contribution in [0.1, 0.15) is 22.0 Å². The summed E-state index contributed by atoms with van der Waals surface area (Å²) >= 11 is 6.12. The maximum Gasteiger partial charge on any atom is 0.397 e. The highest BCUT2D eigenvalue weighted by molar-refractivity contribution is 6.37. The van der Waals surface area contributed by atoms with Gasteiger partial charge in [0.1, 0.15) is 5.75 Å². The number of alkyl halides is 1. The number of Topliss-reactive ketones (excluding diaryl/α,β-unsaturated/α-hetero) is 1. The molecule has 0 saturated heterocycles. The Hall–Kier alpha value is -3.20. The van der Waals surface area contributed by atoms with E-state index in [1.807, 2.05) is 0 Å². The quantitative estimate of drug-likeness (QED) is 0.346. The van der Waals surface area contributed by atoms with Gasteiger partial charge in [0.15, 0.2) is 5.75 Å². The van der Waals surface area contributed by atoms with E-state index in [9.17, 15) is 25.0 Å². The standard InChI is InChI=1S/C16H11ClN2O7/c1-25-13-7-6-9(8-11(13)18(21)22)15-16(17,19(23)24)14(20)10-4-2-3-5-12(10)26-15/h2-8,15H,1H3/t15-,16+/m1/s1. The molecule has 2 aromatic carbocycles. The first kappa shape index (κ1) is 17.6. The Balaban J connectivity index is 2.20. The van der Waals surface area contributed by atoms with Gasteiger partial charge in [-0.2, -0.15) is 0 Å². The molecule has 2 atom stereocenters. The third-order valence-electron chi connectivity index (χ3n) is 4.01. The Morgan fingerprint density at radius 2 is 1.88 bits per heavy atom.